The molecule has 12 heteroatoms. The van der Waals surface area contributed by atoms with Gasteiger partial charge in [0.05, 0.1) is 30.6 Å². The monoisotopic (exact) mass is 966 g/mol. The molecule has 12 rings (SSSR count). The first-order chi connectivity index (χ1) is 35.6. The smallest absolute Gasteiger partial charge is 0.338 e. The first-order valence-electron chi connectivity index (χ1n) is 25.4. The number of ether oxygens (including phenoxy) is 1. The van der Waals surface area contributed by atoms with Gasteiger partial charge in [-0.15, -0.1) is 0 Å². The number of nitrogens with zero attached hydrogens (tertiary/aromatic N) is 8. The molecule has 0 spiro atoms. The minimum Gasteiger partial charge on any atom is -0.478 e. The Balaban J connectivity index is 0.000000157. The van der Waals surface area contributed by atoms with Crippen molar-refractivity contribution in [3.8, 4) is 44.5 Å². The van der Waals surface area contributed by atoms with E-state index in [2.05, 4.69) is 96.2 Å². The zero-order valence-corrected chi connectivity index (χ0v) is 41.8. The fraction of sp³-hybridized carbons (Fsp3) is 0.246. The van der Waals surface area contributed by atoms with Crippen LogP contribution in [0.1, 0.15) is 86.9 Å². The Morgan fingerprint density at radius 1 is 0.479 bits per heavy atom. The number of fused-ring (bicyclic) bond motifs is 4. The molecule has 12 nitrogen and oxygen atoms in total. The van der Waals surface area contributed by atoms with E-state index in [4.69, 9.17) is 14.7 Å². The van der Waals surface area contributed by atoms with Crippen LogP contribution in [-0.2, 0) is 4.74 Å². The maximum absolute atomic E-state index is 12.3. The number of carboxylic acid groups (broad SMARTS) is 1. The first kappa shape index (κ1) is 47.0. The molecule has 10 aromatic rings. The van der Waals surface area contributed by atoms with Crippen LogP contribution in [0.4, 0.5) is 11.4 Å². The molecule has 1 N–H and O–H groups in total. The number of aromatic carboxylic acids is 1. The highest BCUT2D eigenvalue weighted by molar-refractivity contribution is 6.11. The van der Waals surface area contributed by atoms with E-state index < -0.39 is 5.97 Å². The van der Waals surface area contributed by atoms with Gasteiger partial charge in [0.25, 0.3) is 0 Å². The average Bonchev–Trinajstić information content (AvgIpc) is 4.04. The Kier molecular flexibility index (Phi) is 12.7. The van der Waals surface area contributed by atoms with Crippen LogP contribution >= 0.6 is 0 Å². The largest absolute Gasteiger partial charge is 0.478 e. The van der Waals surface area contributed by atoms with Gasteiger partial charge in [-0.25, -0.2) is 28.6 Å². The molecule has 4 atom stereocenters. The van der Waals surface area contributed by atoms with Gasteiger partial charge in [-0.1, -0.05) is 84.9 Å². The lowest BCUT2D eigenvalue weighted by atomic mass is 9.96. The Morgan fingerprint density at radius 2 is 0.877 bits per heavy atom. The molecule has 0 radical (unpaired) electrons. The van der Waals surface area contributed by atoms with Crippen LogP contribution in [0.3, 0.4) is 0 Å². The molecule has 2 fully saturated rings. The molecule has 6 aromatic carbocycles. The molecule has 73 heavy (non-hydrogen) atoms. The number of aromatic nitrogens is 6. The number of hydrogen-bond donors (Lipinski definition) is 1. The molecule has 2 aliphatic rings. The Morgan fingerprint density at radius 3 is 1.29 bits per heavy atom. The van der Waals surface area contributed by atoms with Crippen LogP contribution in [-0.4, -0.2) is 77.5 Å². The quantitative estimate of drug-likeness (QED) is 0.147. The molecule has 2 aliphatic heterocycles. The summed E-state index contributed by atoms with van der Waals surface area (Å²) in [7, 11) is 1.40. The molecular formula is C61H58N8O4. The van der Waals surface area contributed by atoms with Gasteiger partial charge in [-0.2, -0.15) is 10.2 Å². The van der Waals surface area contributed by atoms with Crippen LogP contribution in [0.2, 0.25) is 0 Å². The van der Waals surface area contributed by atoms with Crippen molar-refractivity contribution < 1.29 is 19.4 Å². The van der Waals surface area contributed by atoms with E-state index in [0.29, 0.717) is 35.1 Å². The minimum absolute atomic E-state index is 0.290. The van der Waals surface area contributed by atoms with Gasteiger partial charge in [-0.3, -0.25) is 0 Å². The summed E-state index contributed by atoms with van der Waals surface area (Å²) in [5.41, 5.74) is 12.8. The molecule has 366 valence electrons. The number of esters is 1. The second kappa shape index (κ2) is 19.7. The molecule has 0 saturated carbocycles. The highest BCUT2D eigenvalue weighted by atomic mass is 16.5. The third-order valence-corrected chi connectivity index (χ3v) is 15.2. The number of carbonyl (C=O) groups is 2. The third kappa shape index (κ3) is 8.81. The summed E-state index contributed by atoms with van der Waals surface area (Å²) in [4.78, 5) is 38.7. The van der Waals surface area contributed by atoms with Crippen molar-refractivity contribution >= 4 is 56.2 Å². The van der Waals surface area contributed by atoms with Crippen LogP contribution in [0.5, 0.6) is 0 Å². The van der Waals surface area contributed by atoms with Crippen molar-refractivity contribution in [2.75, 3.05) is 16.9 Å². The number of carbonyl (C=O) groups excluding carboxylic acids is 1. The molecule has 0 amide bonds. The summed E-state index contributed by atoms with van der Waals surface area (Å²) < 4.78 is 8.61. The van der Waals surface area contributed by atoms with E-state index >= 15 is 0 Å². The lowest BCUT2D eigenvalue weighted by Crippen LogP contribution is -2.43. The Labute approximate surface area is 424 Å². The van der Waals surface area contributed by atoms with E-state index in [1.54, 1.807) is 16.8 Å². The number of piperidine rings is 2. The number of anilines is 2. The highest BCUT2D eigenvalue weighted by Gasteiger charge is 2.27. The van der Waals surface area contributed by atoms with Crippen molar-refractivity contribution in [1.82, 2.24) is 29.2 Å². The summed E-state index contributed by atoms with van der Waals surface area (Å²) in [6, 6.07) is 42.5. The number of hydrogen-bond acceptors (Lipinski definition) is 9. The predicted octanol–water partition coefficient (Wildman–Crippen LogP) is 13.5. The van der Waals surface area contributed by atoms with Crippen molar-refractivity contribution in [3.63, 3.8) is 0 Å². The highest BCUT2D eigenvalue weighted by Crippen LogP contribution is 2.37. The van der Waals surface area contributed by atoms with E-state index in [0.717, 1.165) is 72.0 Å². The maximum Gasteiger partial charge on any atom is 0.338 e. The summed E-state index contributed by atoms with van der Waals surface area (Å²) in [5.74, 6) is -1.28. The van der Waals surface area contributed by atoms with E-state index in [1.165, 1.54) is 57.0 Å². The normalized spacial score (nSPS) is 18.0. The van der Waals surface area contributed by atoms with Crippen molar-refractivity contribution in [3.05, 3.63) is 170 Å². The van der Waals surface area contributed by atoms with Gasteiger partial charge >= 0.3 is 11.9 Å². The predicted molar refractivity (Wildman–Crippen MR) is 292 cm³/mol. The zero-order chi connectivity index (χ0) is 50.3. The van der Waals surface area contributed by atoms with E-state index in [1.807, 2.05) is 102 Å². The average molecular weight is 967 g/mol. The third-order valence-electron chi connectivity index (χ3n) is 15.2. The molecule has 0 bridgehead atoms. The van der Waals surface area contributed by atoms with Crippen molar-refractivity contribution in [2.24, 2.45) is 0 Å². The van der Waals surface area contributed by atoms with Crippen LogP contribution < -0.4 is 9.80 Å². The second-order valence-corrected chi connectivity index (χ2v) is 19.7. The fourth-order valence-corrected chi connectivity index (χ4v) is 11.5. The molecule has 0 aliphatic carbocycles. The number of rotatable bonds is 8. The summed E-state index contributed by atoms with van der Waals surface area (Å²) in [5, 5.41) is 22.2. The number of benzene rings is 6. The van der Waals surface area contributed by atoms with Crippen LogP contribution in [0.15, 0.2) is 159 Å². The summed E-state index contributed by atoms with van der Waals surface area (Å²) >= 11 is 0. The summed E-state index contributed by atoms with van der Waals surface area (Å²) in [6.45, 7) is 9.27. The van der Waals surface area contributed by atoms with E-state index in [-0.39, 0.29) is 11.5 Å². The Bertz CT molecular complexity index is 3660. The molecular weight excluding hydrogens is 909 g/mol. The topological polar surface area (TPSA) is 130 Å². The molecule has 6 heterocycles. The first-order valence-corrected chi connectivity index (χ1v) is 25.4. The van der Waals surface area contributed by atoms with Gasteiger partial charge in [0.15, 0.2) is 11.3 Å². The van der Waals surface area contributed by atoms with E-state index in [9.17, 15) is 14.7 Å². The lowest BCUT2D eigenvalue weighted by Gasteiger charge is -2.41. The van der Waals surface area contributed by atoms with Gasteiger partial charge in [0, 0.05) is 82.6 Å². The lowest BCUT2D eigenvalue weighted by molar-refractivity contribution is 0.0602. The number of methoxy groups -OCH3 is 1. The SMILES string of the molecule is COC(=O)c1ccc(-c2cnn3cc(-c4ccc(N5[C@H](C)CCC[C@@H]5C)cc4)cnc23)c2ccccc12.C[C@@H]1CCC[C@H](C)N1c1ccc(-c2cnc3c(-c4ccc(C(=O)O)c5ccccc45)cnn3c2)cc1. The van der Waals surface area contributed by atoms with Crippen LogP contribution in [0, 0.1) is 0 Å². The van der Waals surface area contributed by atoms with Gasteiger partial charge in [0.1, 0.15) is 0 Å². The van der Waals surface area contributed by atoms with Crippen molar-refractivity contribution in [1.29, 1.82) is 0 Å². The standard InChI is InChI=1S/C31H30N4O2.C30H28N4O2/c1-20-7-6-8-21(2)35(20)24-13-11-22(12-14-24)23-17-32-30-29(18-33-34(30)19-23)27-15-16-28(31(36)37-3)26-10-5-4-9-25(26)27;1-19-6-5-7-20(2)34(19)23-12-10-21(11-13-23)22-16-31-29-28(17-32-33(29)18-22)26-14-15-27(30(35)36)25-9-4-3-8-24(25)26/h4-5,9-21H,6-8H2,1-3H3;3-4,8-20H,5-7H2,1-2H3,(H,35,36)/t20-,21+;19-,20+. The zero-order valence-electron chi connectivity index (χ0n) is 41.8. The van der Waals surface area contributed by atoms with Crippen LogP contribution in [0.25, 0.3) is 77.3 Å². The second-order valence-electron chi connectivity index (χ2n) is 19.7. The van der Waals surface area contributed by atoms with Gasteiger partial charge in [-0.05, 0) is 146 Å². The molecule has 4 aromatic heterocycles. The molecule has 0 unspecified atom stereocenters. The van der Waals surface area contributed by atoms with Gasteiger partial charge < -0.3 is 19.6 Å². The summed E-state index contributed by atoms with van der Waals surface area (Å²) in [6.07, 6.45) is 19.0. The Hall–Kier alpha value is -8.38. The van der Waals surface area contributed by atoms with Gasteiger partial charge in [0.2, 0.25) is 0 Å². The number of carboxylic acids is 1. The minimum atomic E-state index is -0.935. The maximum atomic E-state index is 12.3. The fourth-order valence-electron chi connectivity index (χ4n) is 11.5. The van der Waals surface area contributed by atoms with Crippen molar-refractivity contribution in [2.45, 2.75) is 90.4 Å². The molecule has 2 saturated heterocycles.